The van der Waals surface area contributed by atoms with Crippen molar-refractivity contribution < 1.29 is 0 Å². The fourth-order valence-corrected chi connectivity index (χ4v) is 3.72. The van der Waals surface area contributed by atoms with Gasteiger partial charge in [-0.05, 0) is 12.1 Å². The van der Waals surface area contributed by atoms with E-state index in [2.05, 4.69) is 25.5 Å². The maximum Gasteiger partial charge on any atom is 0.273 e. The van der Waals surface area contributed by atoms with Crippen molar-refractivity contribution in [1.82, 2.24) is 24.7 Å². The van der Waals surface area contributed by atoms with Gasteiger partial charge >= 0.3 is 0 Å². The molecule has 0 atom stereocenters. The van der Waals surface area contributed by atoms with Gasteiger partial charge in [-0.15, -0.1) is 11.3 Å². The van der Waals surface area contributed by atoms with Crippen LogP contribution in [0.15, 0.2) is 77.2 Å². The molecular formula is C20H14N6OS. The molecule has 3 aromatic heterocycles. The summed E-state index contributed by atoms with van der Waals surface area (Å²) in [6.07, 6.45) is 1.46. The van der Waals surface area contributed by atoms with E-state index in [1.807, 2.05) is 66.0 Å². The van der Waals surface area contributed by atoms with E-state index < -0.39 is 0 Å². The number of benzene rings is 2. The zero-order valence-corrected chi connectivity index (χ0v) is 15.4. The molecule has 2 N–H and O–H groups in total. The molecule has 0 aliphatic carbocycles. The predicted molar refractivity (Wildman–Crippen MR) is 110 cm³/mol. The van der Waals surface area contributed by atoms with Gasteiger partial charge < -0.3 is 5.32 Å². The molecule has 0 saturated heterocycles. The van der Waals surface area contributed by atoms with E-state index in [0.717, 1.165) is 16.9 Å². The number of thiazole rings is 1. The lowest BCUT2D eigenvalue weighted by molar-refractivity contribution is 0.945. The summed E-state index contributed by atoms with van der Waals surface area (Å²) < 4.78 is 1.45. The zero-order valence-electron chi connectivity index (χ0n) is 14.5. The van der Waals surface area contributed by atoms with Gasteiger partial charge in [0.15, 0.2) is 10.8 Å². The van der Waals surface area contributed by atoms with Crippen molar-refractivity contribution in [2.45, 2.75) is 0 Å². The Morgan fingerprint density at radius 2 is 1.75 bits per heavy atom. The molecule has 2 aromatic carbocycles. The maximum absolute atomic E-state index is 13.1. The smallest absolute Gasteiger partial charge is 0.273 e. The molecule has 5 rings (SSSR count). The number of H-pyrrole nitrogens is 1. The monoisotopic (exact) mass is 386 g/mol. The van der Waals surface area contributed by atoms with Gasteiger partial charge in [-0.1, -0.05) is 48.5 Å². The number of hydrogen-bond acceptors (Lipinski definition) is 6. The largest absolute Gasteiger partial charge is 0.340 e. The summed E-state index contributed by atoms with van der Waals surface area (Å²) >= 11 is 1.39. The normalized spacial score (nSPS) is 11.0. The molecule has 0 radical (unpaired) electrons. The van der Waals surface area contributed by atoms with Crippen LogP contribution in [0, 0.1) is 0 Å². The molecule has 0 aliphatic rings. The van der Waals surface area contributed by atoms with Gasteiger partial charge in [0, 0.05) is 16.6 Å². The van der Waals surface area contributed by atoms with Crippen LogP contribution in [0.2, 0.25) is 0 Å². The highest BCUT2D eigenvalue weighted by molar-refractivity contribution is 7.12. The number of rotatable bonds is 4. The second-order valence-corrected chi connectivity index (χ2v) is 6.93. The van der Waals surface area contributed by atoms with E-state index in [4.69, 9.17) is 0 Å². The van der Waals surface area contributed by atoms with E-state index in [1.165, 1.54) is 22.2 Å². The van der Waals surface area contributed by atoms with Crippen molar-refractivity contribution in [3.63, 3.8) is 0 Å². The highest BCUT2D eigenvalue weighted by Crippen LogP contribution is 2.24. The Balaban J connectivity index is 1.58. The van der Waals surface area contributed by atoms with Gasteiger partial charge in [-0.2, -0.15) is 5.10 Å². The van der Waals surface area contributed by atoms with Crippen LogP contribution >= 0.6 is 11.3 Å². The standard InChI is InChI=1S/C20H14N6OS/c27-19-16-17(24-25-18(16)22-14-9-5-2-6-10-14)21-12-26(19)20-23-15(11-28-20)13-7-3-1-4-8-13/h1-12H,(H2,22,24,25). The predicted octanol–water partition coefficient (Wildman–Crippen LogP) is 3.98. The van der Waals surface area contributed by atoms with Crippen LogP contribution < -0.4 is 10.9 Å². The molecule has 28 heavy (non-hydrogen) atoms. The lowest BCUT2D eigenvalue weighted by Gasteiger charge is -2.04. The first-order valence-corrected chi connectivity index (χ1v) is 9.47. The van der Waals surface area contributed by atoms with Crippen LogP contribution in [0.5, 0.6) is 0 Å². The number of nitrogens with zero attached hydrogens (tertiary/aromatic N) is 4. The van der Waals surface area contributed by atoms with Crippen LogP contribution in [0.1, 0.15) is 0 Å². The summed E-state index contributed by atoms with van der Waals surface area (Å²) in [4.78, 5) is 22.1. The van der Waals surface area contributed by atoms with E-state index in [9.17, 15) is 4.79 Å². The first-order chi connectivity index (χ1) is 13.8. The number of hydrogen-bond donors (Lipinski definition) is 2. The molecule has 0 aliphatic heterocycles. The molecule has 3 heterocycles. The Labute approximate surface area is 163 Å². The Kier molecular flexibility index (Phi) is 3.95. The summed E-state index contributed by atoms with van der Waals surface area (Å²) in [6, 6.07) is 19.4. The molecule has 0 saturated carbocycles. The lowest BCUT2D eigenvalue weighted by Crippen LogP contribution is -2.18. The Bertz CT molecular complexity index is 1310. The minimum absolute atomic E-state index is 0.230. The van der Waals surface area contributed by atoms with Crippen molar-refractivity contribution in [2.75, 3.05) is 5.32 Å². The van der Waals surface area contributed by atoms with E-state index in [0.29, 0.717) is 22.0 Å². The molecular weight excluding hydrogens is 372 g/mol. The summed E-state index contributed by atoms with van der Waals surface area (Å²) in [5.41, 5.74) is 2.80. The summed E-state index contributed by atoms with van der Waals surface area (Å²) in [7, 11) is 0. The number of aromatic nitrogens is 5. The van der Waals surface area contributed by atoms with Crippen molar-refractivity contribution in [1.29, 1.82) is 0 Å². The summed E-state index contributed by atoms with van der Waals surface area (Å²) in [6.45, 7) is 0. The SMILES string of the molecule is O=c1c2c(Nc3ccccc3)[nH]nc2ncn1-c1nc(-c2ccccc2)cs1. The van der Waals surface area contributed by atoms with E-state index >= 15 is 0 Å². The zero-order chi connectivity index (χ0) is 18.9. The number of fused-ring (bicyclic) bond motifs is 1. The Morgan fingerprint density at radius 3 is 2.54 bits per heavy atom. The topological polar surface area (TPSA) is 88.5 Å². The second-order valence-electron chi connectivity index (χ2n) is 6.09. The minimum Gasteiger partial charge on any atom is -0.340 e. The van der Waals surface area contributed by atoms with E-state index in [-0.39, 0.29) is 5.56 Å². The third-order valence-corrected chi connectivity index (χ3v) is 5.13. The lowest BCUT2D eigenvalue weighted by atomic mass is 10.2. The Morgan fingerprint density at radius 1 is 1.00 bits per heavy atom. The Hall–Kier alpha value is -3.78. The highest BCUT2D eigenvalue weighted by Gasteiger charge is 2.16. The average molecular weight is 386 g/mol. The van der Waals surface area contributed by atoms with Crippen LogP contribution in [0.4, 0.5) is 11.5 Å². The third kappa shape index (κ3) is 2.85. The minimum atomic E-state index is -0.230. The number of aromatic amines is 1. The van der Waals surface area contributed by atoms with Gasteiger partial charge in [0.25, 0.3) is 5.56 Å². The van der Waals surface area contributed by atoms with Gasteiger partial charge in [-0.25, -0.2) is 14.5 Å². The fourth-order valence-electron chi connectivity index (χ4n) is 2.92. The fraction of sp³-hybridized carbons (Fsp3) is 0. The first kappa shape index (κ1) is 16.4. The molecule has 0 bridgehead atoms. The van der Waals surface area contributed by atoms with Crippen LogP contribution in [-0.2, 0) is 0 Å². The maximum atomic E-state index is 13.1. The van der Waals surface area contributed by atoms with E-state index in [1.54, 1.807) is 0 Å². The van der Waals surface area contributed by atoms with Crippen molar-refractivity contribution in [3.8, 4) is 16.4 Å². The van der Waals surface area contributed by atoms with Crippen LogP contribution in [-0.4, -0.2) is 24.7 Å². The summed E-state index contributed by atoms with van der Waals surface area (Å²) in [5, 5.41) is 13.1. The third-order valence-electron chi connectivity index (χ3n) is 4.29. The molecule has 136 valence electrons. The molecule has 0 fully saturated rings. The second kappa shape index (κ2) is 6.75. The number of para-hydroxylation sites is 1. The molecule has 5 aromatic rings. The average Bonchev–Trinajstić information content (AvgIpc) is 3.38. The van der Waals surface area contributed by atoms with Gasteiger partial charge in [0.05, 0.1) is 5.69 Å². The van der Waals surface area contributed by atoms with Crippen molar-refractivity contribution >= 4 is 33.9 Å². The first-order valence-electron chi connectivity index (χ1n) is 8.59. The number of anilines is 2. The number of nitrogens with one attached hydrogen (secondary N) is 2. The van der Waals surface area contributed by atoms with Gasteiger partial charge in [0.2, 0.25) is 0 Å². The van der Waals surface area contributed by atoms with Crippen LogP contribution in [0.25, 0.3) is 27.4 Å². The van der Waals surface area contributed by atoms with Gasteiger partial charge in [0.1, 0.15) is 17.5 Å². The molecule has 7 nitrogen and oxygen atoms in total. The van der Waals surface area contributed by atoms with Crippen LogP contribution in [0.3, 0.4) is 0 Å². The molecule has 0 amide bonds. The van der Waals surface area contributed by atoms with Crippen molar-refractivity contribution in [3.05, 3.63) is 82.7 Å². The molecule has 0 spiro atoms. The summed E-state index contributed by atoms with van der Waals surface area (Å²) in [5.74, 6) is 0.507. The highest BCUT2D eigenvalue weighted by atomic mass is 32.1. The molecule has 8 heteroatoms. The quantitative estimate of drug-likeness (QED) is 0.488. The molecule has 0 unspecified atom stereocenters. The van der Waals surface area contributed by atoms with Gasteiger partial charge in [-0.3, -0.25) is 9.89 Å². The van der Waals surface area contributed by atoms with Crippen molar-refractivity contribution in [2.24, 2.45) is 0 Å².